The maximum absolute atomic E-state index is 10.2. The van der Waals surface area contributed by atoms with Gasteiger partial charge in [0.15, 0.2) is 0 Å². The summed E-state index contributed by atoms with van der Waals surface area (Å²) >= 11 is 4.94. The molecule has 0 amide bonds. The van der Waals surface area contributed by atoms with Crippen LogP contribution >= 0.6 is 11.6 Å². The Hall–Kier alpha value is -1.22. The van der Waals surface area contributed by atoms with E-state index in [2.05, 4.69) is 4.74 Å². The molecule has 0 aliphatic carbocycles. The number of carbonyl (C=O) groups is 1. The van der Waals surface area contributed by atoms with Crippen LogP contribution in [0.2, 0.25) is 0 Å². The Morgan fingerprint density at radius 2 is 2.33 bits per heavy atom. The molecule has 12 heavy (non-hydrogen) atoms. The van der Waals surface area contributed by atoms with Crippen LogP contribution < -0.4 is 0 Å². The second kappa shape index (κ2) is 3.97. The summed E-state index contributed by atoms with van der Waals surface area (Å²) in [7, 11) is 0. The minimum absolute atomic E-state index is 0.0801. The van der Waals surface area contributed by atoms with Crippen molar-refractivity contribution < 1.29 is 14.6 Å². The van der Waals surface area contributed by atoms with Crippen molar-refractivity contribution in [3.63, 3.8) is 0 Å². The number of ether oxygens (including phenoxy) is 1. The number of hydrogen-bond donors (Lipinski definition) is 1. The molecule has 1 rings (SSSR count). The lowest BCUT2D eigenvalue weighted by atomic mass is 10.2. The quantitative estimate of drug-likeness (QED) is 0.721. The molecule has 4 heteroatoms. The van der Waals surface area contributed by atoms with E-state index in [0.29, 0.717) is 5.56 Å². The molecule has 0 unspecified atom stereocenters. The van der Waals surface area contributed by atoms with Crippen LogP contribution in [0.3, 0.4) is 0 Å². The van der Waals surface area contributed by atoms with Crippen LogP contribution in [0, 0.1) is 0 Å². The van der Waals surface area contributed by atoms with Crippen LogP contribution in [0.5, 0.6) is 5.75 Å². The Balaban J connectivity index is 2.57. The minimum Gasteiger partial charge on any atom is -0.508 e. The van der Waals surface area contributed by atoms with Gasteiger partial charge in [0, 0.05) is 11.6 Å². The first-order valence-corrected chi connectivity index (χ1v) is 3.66. The largest absolute Gasteiger partial charge is 0.508 e. The summed E-state index contributed by atoms with van der Waals surface area (Å²) in [5.74, 6) is 0.137. The van der Waals surface area contributed by atoms with Crippen molar-refractivity contribution in [2.45, 2.75) is 6.61 Å². The molecule has 0 radical (unpaired) electrons. The maximum atomic E-state index is 10.2. The molecule has 64 valence electrons. The summed E-state index contributed by atoms with van der Waals surface area (Å²) in [4.78, 5) is 10.2. The second-order valence-corrected chi connectivity index (χ2v) is 2.50. The summed E-state index contributed by atoms with van der Waals surface area (Å²) < 4.78 is 4.50. The molecule has 0 spiro atoms. The molecule has 0 saturated carbocycles. The first kappa shape index (κ1) is 8.87. The lowest BCUT2D eigenvalue weighted by Gasteiger charge is -2.00. The van der Waals surface area contributed by atoms with Crippen LogP contribution in [0.25, 0.3) is 0 Å². The predicted molar refractivity (Wildman–Crippen MR) is 44.1 cm³/mol. The molecule has 0 fully saturated rings. The van der Waals surface area contributed by atoms with Crippen molar-refractivity contribution in [2.24, 2.45) is 0 Å². The maximum Gasteiger partial charge on any atom is 0.404 e. The molecule has 1 N–H and O–H groups in total. The van der Waals surface area contributed by atoms with Gasteiger partial charge in [0.25, 0.3) is 0 Å². The third-order valence-corrected chi connectivity index (χ3v) is 1.37. The number of carbonyl (C=O) groups excluding carboxylic acids is 1. The average Bonchev–Trinajstić information content (AvgIpc) is 2.01. The molecular weight excluding hydrogens is 180 g/mol. The summed E-state index contributed by atoms with van der Waals surface area (Å²) in [6.07, 6.45) is 0. The Labute approximate surface area is 74.5 Å². The fourth-order valence-electron chi connectivity index (χ4n) is 0.786. The Morgan fingerprint density at radius 3 is 2.92 bits per heavy atom. The lowest BCUT2D eigenvalue weighted by molar-refractivity contribution is 0.167. The molecule has 0 bridgehead atoms. The van der Waals surface area contributed by atoms with Gasteiger partial charge >= 0.3 is 5.43 Å². The molecule has 0 aliphatic rings. The van der Waals surface area contributed by atoms with E-state index in [1.54, 1.807) is 12.1 Å². The molecule has 0 aliphatic heterocycles. The highest BCUT2D eigenvalue weighted by atomic mass is 35.5. The highest BCUT2D eigenvalue weighted by molar-refractivity contribution is 6.61. The van der Waals surface area contributed by atoms with Gasteiger partial charge in [0.2, 0.25) is 0 Å². The van der Waals surface area contributed by atoms with Gasteiger partial charge < -0.3 is 9.84 Å². The number of rotatable bonds is 2. The van der Waals surface area contributed by atoms with Gasteiger partial charge in [-0.3, -0.25) is 0 Å². The van der Waals surface area contributed by atoms with Gasteiger partial charge in [-0.15, -0.1) is 0 Å². The van der Waals surface area contributed by atoms with E-state index in [1.807, 2.05) is 0 Å². The van der Waals surface area contributed by atoms with E-state index in [9.17, 15) is 4.79 Å². The van der Waals surface area contributed by atoms with E-state index >= 15 is 0 Å². The number of halogens is 1. The topological polar surface area (TPSA) is 46.5 Å². The third-order valence-electron chi connectivity index (χ3n) is 1.26. The third kappa shape index (κ3) is 2.80. The van der Waals surface area contributed by atoms with Gasteiger partial charge in [-0.05, 0) is 17.7 Å². The molecule has 1 aromatic rings. The van der Waals surface area contributed by atoms with E-state index < -0.39 is 5.43 Å². The molecular formula is C8H7ClO3. The summed E-state index contributed by atoms with van der Waals surface area (Å²) in [6.45, 7) is 0.0801. The number of hydrogen-bond acceptors (Lipinski definition) is 3. The number of benzene rings is 1. The average molecular weight is 187 g/mol. The fraction of sp³-hybridized carbons (Fsp3) is 0.125. The first-order chi connectivity index (χ1) is 5.68. The molecule has 3 nitrogen and oxygen atoms in total. The van der Waals surface area contributed by atoms with Crippen LogP contribution in [-0.4, -0.2) is 10.5 Å². The Morgan fingerprint density at radius 1 is 1.58 bits per heavy atom. The summed E-state index contributed by atoms with van der Waals surface area (Å²) in [6, 6.07) is 6.41. The summed E-state index contributed by atoms with van der Waals surface area (Å²) in [5.41, 5.74) is -0.151. The Bertz CT molecular complexity index is 285. The number of phenols is 1. The minimum atomic E-state index is -0.849. The molecule has 0 atom stereocenters. The van der Waals surface area contributed by atoms with Crippen LogP contribution in [0.4, 0.5) is 4.79 Å². The van der Waals surface area contributed by atoms with Crippen LogP contribution in [0.15, 0.2) is 24.3 Å². The highest BCUT2D eigenvalue weighted by Gasteiger charge is 1.97. The van der Waals surface area contributed by atoms with E-state index in [4.69, 9.17) is 16.7 Å². The van der Waals surface area contributed by atoms with Crippen molar-refractivity contribution in [3.8, 4) is 5.75 Å². The fourth-order valence-corrected chi connectivity index (χ4v) is 0.841. The van der Waals surface area contributed by atoms with Gasteiger partial charge in [-0.25, -0.2) is 4.79 Å². The Kier molecular flexibility index (Phi) is 2.94. The lowest BCUT2D eigenvalue weighted by Crippen LogP contribution is -1.93. The van der Waals surface area contributed by atoms with Crippen molar-refractivity contribution >= 4 is 17.0 Å². The molecule has 0 aromatic heterocycles. The zero-order chi connectivity index (χ0) is 8.97. The summed E-state index contributed by atoms with van der Waals surface area (Å²) in [5, 5.41) is 9.00. The zero-order valence-corrected chi connectivity index (χ0v) is 6.91. The second-order valence-electron chi connectivity index (χ2n) is 2.20. The van der Waals surface area contributed by atoms with Crippen LogP contribution in [-0.2, 0) is 11.3 Å². The standard InChI is InChI=1S/C8H7ClO3/c9-8(11)12-5-6-2-1-3-7(10)4-6/h1-4,10H,5H2. The van der Waals surface area contributed by atoms with E-state index in [-0.39, 0.29) is 12.4 Å². The first-order valence-electron chi connectivity index (χ1n) is 3.28. The molecule has 0 heterocycles. The van der Waals surface area contributed by atoms with Crippen molar-refractivity contribution in [1.29, 1.82) is 0 Å². The van der Waals surface area contributed by atoms with Crippen LogP contribution in [0.1, 0.15) is 5.56 Å². The monoisotopic (exact) mass is 186 g/mol. The zero-order valence-electron chi connectivity index (χ0n) is 6.16. The normalized spacial score (nSPS) is 9.42. The number of phenolic OH excluding ortho intramolecular Hbond substituents is 1. The van der Waals surface area contributed by atoms with Crippen molar-refractivity contribution in [3.05, 3.63) is 29.8 Å². The van der Waals surface area contributed by atoms with E-state index in [0.717, 1.165) is 0 Å². The molecule has 0 saturated heterocycles. The van der Waals surface area contributed by atoms with Gasteiger partial charge in [-0.1, -0.05) is 12.1 Å². The van der Waals surface area contributed by atoms with Gasteiger partial charge in [-0.2, -0.15) is 0 Å². The predicted octanol–water partition coefficient (Wildman–Crippen LogP) is 2.27. The SMILES string of the molecule is O=C(Cl)OCc1cccc(O)c1. The highest BCUT2D eigenvalue weighted by Crippen LogP contribution is 2.11. The smallest absolute Gasteiger partial charge is 0.404 e. The van der Waals surface area contributed by atoms with Gasteiger partial charge in [0.1, 0.15) is 12.4 Å². The van der Waals surface area contributed by atoms with E-state index in [1.165, 1.54) is 12.1 Å². The van der Waals surface area contributed by atoms with Crippen molar-refractivity contribution in [1.82, 2.24) is 0 Å². The van der Waals surface area contributed by atoms with Crippen molar-refractivity contribution in [2.75, 3.05) is 0 Å². The number of aromatic hydroxyl groups is 1. The van der Waals surface area contributed by atoms with Gasteiger partial charge in [0.05, 0.1) is 0 Å². The molecule has 1 aromatic carbocycles.